The number of nitrogens with one attached hydrogen (secondary N) is 1. The van der Waals surface area contributed by atoms with Gasteiger partial charge in [0.25, 0.3) is 5.56 Å². The number of aryl methyl sites for hydroxylation is 1. The summed E-state index contributed by atoms with van der Waals surface area (Å²) in [5.74, 6) is -0.840. The predicted octanol–water partition coefficient (Wildman–Crippen LogP) is 1.82. The number of aromatic nitrogens is 1. The lowest BCUT2D eigenvalue weighted by molar-refractivity contribution is 0.0693. The summed E-state index contributed by atoms with van der Waals surface area (Å²) >= 11 is 0. The van der Waals surface area contributed by atoms with E-state index >= 15 is 0 Å². The molecule has 4 heteroatoms. The van der Waals surface area contributed by atoms with Crippen molar-refractivity contribution < 1.29 is 9.90 Å². The number of H-pyrrole nitrogens is 1. The van der Waals surface area contributed by atoms with Gasteiger partial charge in [0.15, 0.2) is 0 Å². The van der Waals surface area contributed by atoms with Gasteiger partial charge in [0, 0.05) is 5.69 Å². The molecule has 1 fully saturated rings. The van der Waals surface area contributed by atoms with Gasteiger partial charge in [-0.25, -0.2) is 4.79 Å². The smallest absolute Gasteiger partial charge is 0.341 e. The second-order valence-corrected chi connectivity index (χ2v) is 4.28. The molecule has 0 unspecified atom stereocenters. The lowest BCUT2D eigenvalue weighted by Gasteiger charge is -2.12. The molecule has 0 spiro atoms. The van der Waals surface area contributed by atoms with Crippen LogP contribution in [0, 0.1) is 6.92 Å². The van der Waals surface area contributed by atoms with Crippen molar-refractivity contribution in [3.8, 4) is 0 Å². The molecule has 1 heterocycles. The van der Waals surface area contributed by atoms with Gasteiger partial charge in [-0.1, -0.05) is 6.92 Å². The van der Waals surface area contributed by atoms with Crippen LogP contribution in [0.2, 0.25) is 0 Å². The van der Waals surface area contributed by atoms with E-state index in [1.165, 1.54) is 0 Å². The van der Waals surface area contributed by atoms with E-state index in [-0.39, 0.29) is 11.5 Å². The molecule has 1 aromatic rings. The normalized spacial score (nSPS) is 15.1. The first-order valence-electron chi connectivity index (χ1n) is 5.55. The molecule has 0 atom stereocenters. The average molecular weight is 221 g/mol. The number of carboxylic acids is 1. The van der Waals surface area contributed by atoms with Crippen molar-refractivity contribution >= 4 is 5.97 Å². The van der Waals surface area contributed by atoms with Crippen LogP contribution in [0.3, 0.4) is 0 Å². The van der Waals surface area contributed by atoms with Crippen LogP contribution in [0.1, 0.15) is 52.9 Å². The van der Waals surface area contributed by atoms with E-state index in [9.17, 15) is 9.59 Å². The first-order valence-corrected chi connectivity index (χ1v) is 5.55. The van der Waals surface area contributed by atoms with E-state index in [1.54, 1.807) is 0 Å². The Morgan fingerprint density at radius 2 is 2.12 bits per heavy atom. The number of aromatic carboxylic acids is 1. The summed E-state index contributed by atoms with van der Waals surface area (Å²) in [6.07, 6.45) is 2.71. The van der Waals surface area contributed by atoms with Crippen LogP contribution < -0.4 is 5.56 Å². The van der Waals surface area contributed by atoms with Gasteiger partial charge in [-0.2, -0.15) is 0 Å². The Bertz CT molecular complexity index is 498. The fourth-order valence-corrected chi connectivity index (χ4v) is 2.21. The van der Waals surface area contributed by atoms with Gasteiger partial charge in [0.05, 0.1) is 0 Å². The molecule has 1 aliphatic rings. The van der Waals surface area contributed by atoms with Gasteiger partial charge in [-0.15, -0.1) is 0 Å². The molecule has 1 aromatic heterocycles. The highest BCUT2D eigenvalue weighted by atomic mass is 16.4. The van der Waals surface area contributed by atoms with Gasteiger partial charge in [-0.3, -0.25) is 4.79 Å². The summed E-state index contributed by atoms with van der Waals surface area (Å²) < 4.78 is 0. The molecule has 0 aromatic carbocycles. The number of hydrogen-bond acceptors (Lipinski definition) is 2. The molecule has 16 heavy (non-hydrogen) atoms. The number of carbonyl (C=O) groups is 1. The van der Waals surface area contributed by atoms with Gasteiger partial charge in [0.1, 0.15) is 5.56 Å². The number of aromatic amines is 1. The monoisotopic (exact) mass is 221 g/mol. The third-order valence-electron chi connectivity index (χ3n) is 3.17. The van der Waals surface area contributed by atoms with E-state index in [0.717, 1.165) is 36.1 Å². The molecule has 1 saturated carbocycles. The second-order valence-electron chi connectivity index (χ2n) is 4.28. The van der Waals surface area contributed by atoms with Crippen LogP contribution in [0.15, 0.2) is 4.79 Å². The maximum absolute atomic E-state index is 11.7. The summed E-state index contributed by atoms with van der Waals surface area (Å²) in [4.78, 5) is 25.5. The summed E-state index contributed by atoms with van der Waals surface area (Å²) in [5, 5.41) is 9.09. The third kappa shape index (κ3) is 1.64. The van der Waals surface area contributed by atoms with E-state index < -0.39 is 11.5 Å². The Hall–Kier alpha value is -1.58. The van der Waals surface area contributed by atoms with Crippen LogP contribution in [0.4, 0.5) is 0 Å². The zero-order chi connectivity index (χ0) is 11.9. The van der Waals surface area contributed by atoms with Gasteiger partial charge >= 0.3 is 5.97 Å². The lowest BCUT2D eigenvalue weighted by atomic mass is 9.97. The molecule has 2 rings (SSSR count). The first kappa shape index (κ1) is 10.9. The minimum atomic E-state index is -1.12. The van der Waals surface area contributed by atoms with Crippen LogP contribution in [-0.2, 0) is 6.42 Å². The van der Waals surface area contributed by atoms with Crippen LogP contribution in [0.5, 0.6) is 0 Å². The summed E-state index contributed by atoms with van der Waals surface area (Å²) in [5.41, 5.74) is 2.04. The van der Waals surface area contributed by atoms with Crippen molar-refractivity contribution in [2.24, 2.45) is 0 Å². The lowest BCUT2D eigenvalue weighted by Crippen LogP contribution is -2.23. The summed E-state index contributed by atoms with van der Waals surface area (Å²) in [6.45, 7) is 3.85. The Morgan fingerprint density at radius 3 is 2.56 bits per heavy atom. The van der Waals surface area contributed by atoms with Crippen molar-refractivity contribution in [1.82, 2.24) is 4.98 Å². The van der Waals surface area contributed by atoms with Crippen molar-refractivity contribution in [1.29, 1.82) is 0 Å². The van der Waals surface area contributed by atoms with Crippen molar-refractivity contribution in [3.63, 3.8) is 0 Å². The molecular formula is C12H15NO3. The van der Waals surface area contributed by atoms with Gasteiger partial charge in [0.2, 0.25) is 0 Å². The maximum Gasteiger partial charge on any atom is 0.341 e. The molecular weight excluding hydrogens is 206 g/mol. The molecule has 0 radical (unpaired) electrons. The van der Waals surface area contributed by atoms with Gasteiger partial charge in [-0.05, 0) is 43.2 Å². The number of pyridine rings is 1. The summed E-state index contributed by atoms with van der Waals surface area (Å²) in [6, 6.07) is 0. The molecule has 0 amide bonds. The van der Waals surface area contributed by atoms with E-state index in [4.69, 9.17) is 5.11 Å². The Balaban J connectivity index is 2.73. The highest BCUT2D eigenvalue weighted by molar-refractivity contribution is 5.89. The molecule has 0 aliphatic heterocycles. The zero-order valence-electron chi connectivity index (χ0n) is 9.46. The van der Waals surface area contributed by atoms with E-state index in [0.29, 0.717) is 0 Å². The third-order valence-corrected chi connectivity index (χ3v) is 3.17. The first-order chi connectivity index (χ1) is 7.56. The van der Waals surface area contributed by atoms with E-state index in [2.05, 4.69) is 4.98 Å². The van der Waals surface area contributed by atoms with E-state index in [1.807, 2.05) is 13.8 Å². The van der Waals surface area contributed by atoms with Crippen LogP contribution in [-0.4, -0.2) is 16.1 Å². The predicted molar refractivity (Wildman–Crippen MR) is 60.1 cm³/mol. The molecule has 0 bridgehead atoms. The largest absolute Gasteiger partial charge is 0.477 e. The van der Waals surface area contributed by atoms with Crippen LogP contribution >= 0.6 is 0 Å². The van der Waals surface area contributed by atoms with Gasteiger partial charge < -0.3 is 10.1 Å². The molecule has 86 valence electrons. The number of hydrogen-bond donors (Lipinski definition) is 2. The quantitative estimate of drug-likeness (QED) is 0.817. The van der Waals surface area contributed by atoms with Crippen molar-refractivity contribution in [3.05, 3.63) is 32.7 Å². The zero-order valence-corrected chi connectivity index (χ0v) is 9.46. The average Bonchev–Trinajstić information content (AvgIpc) is 3.03. The number of rotatable bonds is 3. The number of carboxylic acid groups (broad SMARTS) is 1. The molecule has 2 N–H and O–H groups in total. The minimum Gasteiger partial charge on any atom is -0.477 e. The standard InChI is InChI=1S/C12H15NO3/c1-3-8-6(2)9(7-4-5-7)10(12(15)16)11(14)13-8/h7H,3-5H2,1-2H3,(H,13,14)(H,15,16). The molecule has 1 aliphatic carbocycles. The SMILES string of the molecule is CCc1[nH]c(=O)c(C(=O)O)c(C2CC2)c1C. The second kappa shape index (κ2) is 3.77. The molecule has 0 saturated heterocycles. The highest BCUT2D eigenvalue weighted by Gasteiger charge is 2.32. The Kier molecular flexibility index (Phi) is 2.58. The maximum atomic E-state index is 11.7. The van der Waals surface area contributed by atoms with Crippen molar-refractivity contribution in [2.45, 2.75) is 39.0 Å². The minimum absolute atomic E-state index is 0.0581. The fourth-order valence-electron chi connectivity index (χ4n) is 2.21. The molecule has 4 nitrogen and oxygen atoms in total. The van der Waals surface area contributed by atoms with Crippen molar-refractivity contribution in [2.75, 3.05) is 0 Å². The highest BCUT2D eigenvalue weighted by Crippen LogP contribution is 2.43. The van der Waals surface area contributed by atoms with Crippen LogP contribution in [0.25, 0.3) is 0 Å². The fraction of sp³-hybridized carbons (Fsp3) is 0.500. The Labute approximate surface area is 93.3 Å². The summed E-state index contributed by atoms with van der Waals surface area (Å²) in [7, 11) is 0. The Morgan fingerprint density at radius 1 is 1.50 bits per heavy atom. The topological polar surface area (TPSA) is 70.2 Å².